The highest BCUT2D eigenvalue weighted by atomic mass is 16.5. The predicted octanol–water partition coefficient (Wildman–Crippen LogP) is -2.64. The minimum absolute atomic E-state index is 0.192. The van der Waals surface area contributed by atoms with Crippen molar-refractivity contribution >= 4 is 24.2 Å². The summed E-state index contributed by atoms with van der Waals surface area (Å²) in [5.74, 6) is 0.286. The zero-order chi connectivity index (χ0) is 14.9. The molecule has 2 unspecified atom stereocenters. The Hall–Kier alpha value is -1.78. The van der Waals surface area contributed by atoms with Gasteiger partial charge in [0.05, 0.1) is 6.61 Å². The molecule has 1 saturated heterocycles. The van der Waals surface area contributed by atoms with E-state index in [-0.39, 0.29) is 18.2 Å². The van der Waals surface area contributed by atoms with Gasteiger partial charge in [-0.3, -0.25) is 5.73 Å². The fourth-order valence-corrected chi connectivity index (χ4v) is 3.16. The molecule has 9 heteroatoms. The van der Waals surface area contributed by atoms with E-state index in [1.54, 1.807) is 0 Å². The maximum atomic E-state index is 10.7. The first-order chi connectivity index (χ1) is 9.95. The summed E-state index contributed by atoms with van der Waals surface area (Å²) >= 11 is 0. The van der Waals surface area contributed by atoms with Gasteiger partial charge in [-0.25, -0.2) is 20.0 Å². The minimum Gasteiger partial charge on any atom is -0.388 e. The maximum absolute atomic E-state index is 10.7. The number of ether oxygens (including phenoxy) is 1. The molecule has 4 aliphatic rings. The van der Waals surface area contributed by atoms with Gasteiger partial charge in [-0.1, -0.05) is 0 Å². The first-order valence-corrected chi connectivity index (χ1v) is 6.39. The van der Waals surface area contributed by atoms with Crippen LogP contribution in [0.5, 0.6) is 0 Å². The first-order valence-electron chi connectivity index (χ1n) is 6.39. The molecular formula is C12H13N5O4. The molecule has 3 heterocycles. The van der Waals surface area contributed by atoms with Crippen LogP contribution in [0.4, 0.5) is 0 Å². The van der Waals surface area contributed by atoms with Gasteiger partial charge < -0.3 is 20.1 Å². The van der Waals surface area contributed by atoms with E-state index in [2.05, 4.69) is 20.0 Å². The van der Waals surface area contributed by atoms with Crippen molar-refractivity contribution < 1.29 is 20.1 Å². The van der Waals surface area contributed by atoms with Crippen LogP contribution in [0.15, 0.2) is 32.1 Å². The standard InChI is InChI=1S/C12H13N5O4/c13-12(7-9(15-4-14-7)16-5-17-12)11-2-1-10(11,20)8(19)6(18)3-21-11/h1-2,4-6,8,18-20H,3,13H2/t6-,8-,10+,11?,12?/m1/s1. The number of aliphatic imine (C=N–C) groups is 4. The Morgan fingerprint density at radius 2 is 2.05 bits per heavy atom. The molecule has 5 N–H and O–H groups in total. The molecule has 9 nitrogen and oxygen atoms in total. The van der Waals surface area contributed by atoms with Crippen LogP contribution >= 0.6 is 0 Å². The second-order valence-electron chi connectivity index (χ2n) is 5.40. The van der Waals surface area contributed by atoms with Crippen molar-refractivity contribution in [2.45, 2.75) is 29.1 Å². The highest BCUT2D eigenvalue weighted by Gasteiger charge is 2.73. The van der Waals surface area contributed by atoms with E-state index in [1.165, 1.54) is 24.8 Å². The monoisotopic (exact) mass is 291 g/mol. The molecule has 0 aromatic heterocycles. The second-order valence-corrected chi connectivity index (χ2v) is 5.40. The Bertz CT molecular complexity index is 671. The summed E-state index contributed by atoms with van der Waals surface area (Å²) in [7, 11) is 0. The molecule has 0 spiro atoms. The molecule has 4 rings (SSSR count). The number of fused-ring (bicyclic) bond motifs is 2. The van der Waals surface area contributed by atoms with Gasteiger partial charge in [0, 0.05) is 0 Å². The summed E-state index contributed by atoms with van der Waals surface area (Å²) in [6, 6.07) is 0. The smallest absolute Gasteiger partial charge is 0.192 e. The average Bonchev–Trinajstić information content (AvgIpc) is 2.93. The van der Waals surface area contributed by atoms with Crippen LogP contribution in [0.2, 0.25) is 0 Å². The molecule has 0 aromatic carbocycles. The number of hydrogen-bond acceptors (Lipinski definition) is 9. The van der Waals surface area contributed by atoms with E-state index in [4.69, 9.17) is 10.5 Å². The van der Waals surface area contributed by atoms with Gasteiger partial charge in [0.1, 0.15) is 36.2 Å². The van der Waals surface area contributed by atoms with Crippen molar-refractivity contribution in [2.75, 3.05) is 6.61 Å². The molecule has 21 heavy (non-hydrogen) atoms. The Labute approximate surface area is 118 Å². The number of nitrogens with zero attached hydrogens (tertiary/aromatic N) is 4. The normalized spacial score (nSPS) is 50.1. The van der Waals surface area contributed by atoms with Crippen LogP contribution in [0, 0.1) is 0 Å². The van der Waals surface area contributed by atoms with Crippen molar-refractivity contribution in [1.82, 2.24) is 0 Å². The lowest BCUT2D eigenvalue weighted by Crippen LogP contribution is -2.84. The van der Waals surface area contributed by atoms with Gasteiger partial charge in [0.15, 0.2) is 17.1 Å². The Balaban J connectivity index is 1.85. The molecule has 1 aliphatic carbocycles. The van der Waals surface area contributed by atoms with E-state index < -0.39 is 29.1 Å². The SMILES string of the molecule is NC1(C23C=C[C@]2(O)[C@H](O)[C@H](O)CO3)N=CN=C2N=CN=C21. The number of rotatable bonds is 1. The molecule has 0 aromatic rings. The molecule has 3 aliphatic heterocycles. The van der Waals surface area contributed by atoms with Gasteiger partial charge in [-0.2, -0.15) is 0 Å². The second kappa shape index (κ2) is 3.70. The topological polar surface area (TPSA) is 145 Å². The molecule has 0 saturated carbocycles. The van der Waals surface area contributed by atoms with Crippen molar-refractivity contribution in [3.05, 3.63) is 12.2 Å². The van der Waals surface area contributed by atoms with E-state index in [0.29, 0.717) is 0 Å². The van der Waals surface area contributed by atoms with Crippen molar-refractivity contribution in [3.8, 4) is 0 Å². The highest BCUT2D eigenvalue weighted by molar-refractivity contribution is 6.51. The van der Waals surface area contributed by atoms with Gasteiger partial charge in [-0.05, 0) is 12.2 Å². The van der Waals surface area contributed by atoms with Crippen molar-refractivity contribution in [3.63, 3.8) is 0 Å². The zero-order valence-corrected chi connectivity index (χ0v) is 10.8. The van der Waals surface area contributed by atoms with Gasteiger partial charge in [0.25, 0.3) is 0 Å². The summed E-state index contributed by atoms with van der Waals surface area (Å²) in [6.45, 7) is -0.192. The quantitative estimate of drug-likeness (QED) is 0.390. The summed E-state index contributed by atoms with van der Waals surface area (Å²) in [5, 5.41) is 30.6. The summed E-state index contributed by atoms with van der Waals surface area (Å²) < 4.78 is 5.62. The van der Waals surface area contributed by atoms with Gasteiger partial charge >= 0.3 is 0 Å². The van der Waals surface area contributed by atoms with Crippen LogP contribution < -0.4 is 5.73 Å². The lowest BCUT2D eigenvalue weighted by Gasteiger charge is -2.61. The zero-order valence-electron chi connectivity index (χ0n) is 10.8. The summed E-state index contributed by atoms with van der Waals surface area (Å²) in [6.07, 6.45) is 2.70. The molecule has 1 fully saturated rings. The van der Waals surface area contributed by atoms with Crippen molar-refractivity contribution in [2.24, 2.45) is 25.7 Å². The molecule has 0 bridgehead atoms. The van der Waals surface area contributed by atoms with E-state index in [9.17, 15) is 15.3 Å². The predicted molar refractivity (Wildman–Crippen MR) is 73.6 cm³/mol. The highest BCUT2D eigenvalue weighted by Crippen LogP contribution is 2.51. The Morgan fingerprint density at radius 3 is 2.76 bits per heavy atom. The Kier molecular flexibility index (Phi) is 2.28. The largest absolute Gasteiger partial charge is 0.388 e. The third-order valence-corrected chi connectivity index (χ3v) is 4.41. The number of hydrogen-bond donors (Lipinski definition) is 4. The van der Waals surface area contributed by atoms with Crippen LogP contribution in [0.25, 0.3) is 0 Å². The fraction of sp³-hybridized carbons (Fsp3) is 0.500. The fourth-order valence-electron chi connectivity index (χ4n) is 3.16. The lowest BCUT2D eigenvalue weighted by molar-refractivity contribution is -0.278. The summed E-state index contributed by atoms with van der Waals surface area (Å²) in [5.41, 5.74) is 1.61. The van der Waals surface area contributed by atoms with Gasteiger partial charge in [-0.15, -0.1) is 0 Å². The minimum atomic E-state index is -1.87. The average molecular weight is 291 g/mol. The van der Waals surface area contributed by atoms with E-state index >= 15 is 0 Å². The molecular weight excluding hydrogens is 278 g/mol. The molecule has 110 valence electrons. The summed E-state index contributed by atoms with van der Waals surface area (Å²) in [4.78, 5) is 16.1. The van der Waals surface area contributed by atoms with Crippen LogP contribution in [0.1, 0.15) is 0 Å². The third-order valence-electron chi connectivity index (χ3n) is 4.41. The van der Waals surface area contributed by atoms with Crippen LogP contribution in [0.3, 0.4) is 0 Å². The number of aliphatic hydroxyl groups excluding tert-OH is 2. The maximum Gasteiger partial charge on any atom is 0.192 e. The number of aliphatic hydroxyl groups is 3. The van der Waals surface area contributed by atoms with E-state index in [0.717, 1.165) is 0 Å². The molecule has 5 atom stereocenters. The molecule has 0 radical (unpaired) electrons. The number of nitrogens with two attached hydrogens (primary N) is 1. The lowest BCUT2D eigenvalue weighted by atomic mass is 9.59. The first kappa shape index (κ1) is 12.9. The van der Waals surface area contributed by atoms with Gasteiger partial charge in [0.2, 0.25) is 0 Å². The Morgan fingerprint density at radius 1 is 1.24 bits per heavy atom. The molecule has 0 amide bonds. The third kappa shape index (κ3) is 1.24. The van der Waals surface area contributed by atoms with Crippen LogP contribution in [-0.4, -0.2) is 75.2 Å². The number of amidine groups is 1. The van der Waals surface area contributed by atoms with Crippen molar-refractivity contribution in [1.29, 1.82) is 0 Å². The van der Waals surface area contributed by atoms with E-state index in [1.807, 2.05) is 0 Å². The van der Waals surface area contributed by atoms with Crippen LogP contribution in [-0.2, 0) is 4.74 Å².